The minimum atomic E-state index is -3.70. The van der Waals surface area contributed by atoms with Crippen molar-refractivity contribution in [2.75, 3.05) is 18.5 Å². The summed E-state index contributed by atoms with van der Waals surface area (Å²) in [5.74, 6) is 0.755. The Morgan fingerprint density at radius 1 is 1.17 bits per heavy atom. The molecule has 0 radical (unpaired) electrons. The first kappa shape index (κ1) is 20.5. The topological polar surface area (TPSA) is 96.7 Å². The van der Waals surface area contributed by atoms with Gasteiger partial charge in [0.15, 0.2) is 5.65 Å². The lowest BCUT2D eigenvalue weighted by Gasteiger charge is -2.17. The Balaban J connectivity index is 1.49. The van der Waals surface area contributed by atoms with E-state index < -0.39 is 15.4 Å². The van der Waals surface area contributed by atoms with Crippen LogP contribution in [0.3, 0.4) is 0 Å². The maximum absolute atomic E-state index is 12.9. The lowest BCUT2D eigenvalue weighted by Crippen LogP contribution is -2.33. The fourth-order valence-electron chi connectivity index (χ4n) is 4.06. The minimum Gasteiger partial charge on any atom is -0.314 e. The Hall–Kier alpha value is -2.78. The van der Waals surface area contributed by atoms with Crippen molar-refractivity contribution < 1.29 is 13.2 Å². The van der Waals surface area contributed by atoms with E-state index in [1.54, 1.807) is 24.1 Å². The highest BCUT2D eigenvalue weighted by molar-refractivity contribution is 7.89. The van der Waals surface area contributed by atoms with Gasteiger partial charge in [-0.3, -0.25) is 9.20 Å². The van der Waals surface area contributed by atoms with E-state index in [-0.39, 0.29) is 17.3 Å². The van der Waals surface area contributed by atoms with E-state index in [2.05, 4.69) is 14.9 Å². The lowest BCUT2D eigenvalue weighted by atomic mass is 9.85. The molecule has 9 heteroatoms. The van der Waals surface area contributed by atoms with Crippen LogP contribution in [0.1, 0.15) is 37.2 Å². The van der Waals surface area contributed by atoms with Gasteiger partial charge in [-0.05, 0) is 62.6 Å². The number of likely N-dealkylation sites (N-methyl/N-ethyl adjacent to an activating group) is 1. The van der Waals surface area contributed by atoms with E-state index in [1.807, 2.05) is 49.6 Å². The van der Waals surface area contributed by atoms with Crippen molar-refractivity contribution in [3.8, 4) is 0 Å². The first-order chi connectivity index (χ1) is 14.1. The van der Waals surface area contributed by atoms with Crippen LogP contribution in [0.15, 0.2) is 41.4 Å². The van der Waals surface area contributed by atoms with Gasteiger partial charge in [-0.1, -0.05) is 6.07 Å². The first-order valence-electron chi connectivity index (χ1n) is 9.84. The molecule has 3 heterocycles. The molecule has 1 aliphatic rings. The molecular weight excluding hydrogens is 402 g/mol. The van der Waals surface area contributed by atoms with Crippen molar-refractivity contribution in [2.24, 2.45) is 0 Å². The second-order valence-corrected chi connectivity index (χ2v) is 9.94. The SMILES string of the molecule is Cc1cc(S(=O)(=O)NCCCc2nnc3ccccn23)cc2c1N(C)C(=O)C2(C)C. The summed E-state index contributed by atoms with van der Waals surface area (Å²) >= 11 is 0. The summed E-state index contributed by atoms with van der Waals surface area (Å²) in [5.41, 5.74) is 2.32. The largest absolute Gasteiger partial charge is 0.314 e. The number of nitrogens with one attached hydrogen (secondary N) is 1. The van der Waals surface area contributed by atoms with Crippen LogP contribution < -0.4 is 9.62 Å². The molecule has 0 bridgehead atoms. The van der Waals surface area contributed by atoms with Gasteiger partial charge < -0.3 is 4.90 Å². The third kappa shape index (κ3) is 3.27. The van der Waals surface area contributed by atoms with Gasteiger partial charge in [0.25, 0.3) is 0 Å². The molecule has 1 aromatic carbocycles. The molecule has 1 amide bonds. The number of anilines is 1. The number of hydrogen-bond donors (Lipinski definition) is 1. The maximum Gasteiger partial charge on any atom is 0.240 e. The van der Waals surface area contributed by atoms with Crippen LogP contribution in [0.2, 0.25) is 0 Å². The van der Waals surface area contributed by atoms with E-state index >= 15 is 0 Å². The zero-order valence-corrected chi connectivity index (χ0v) is 18.3. The van der Waals surface area contributed by atoms with Crippen molar-refractivity contribution in [1.29, 1.82) is 0 Å². The summed E-state index contributed by atoms with van der Waals surface area (Å²) in [6.07, 6.45) is 3.08. The van der Waals surface area contributed by atoms with Crippen LogP contribution in [-0.2, 0) is 26.7 Å². The predicted octanol–water partition coefficient (Wildman–Crippen LogP) is 2.20. The van der Waals surface area contributed by atoms with Crippen LogP contribution in [0.4, 0.5) is 5.69 Å². The highest BCUT2D eigenvalue weighted by Gasteiger charge is 2.43. The van der Waals surface area contributed by atoms with E-state index in [1.165, 1.54) is 0 Å². The van der Waals surface area contributed by atoms with Gasteiger partial charge in [-0.15, -0.1) is 10.2 Å². The maximum atomic E-state index is 12.9. The molecule has 0 saturated heterocycles. The highest BCUT2D eigenvalue weighted by Crippen LogP contribution is 2.43. The normalized spacial score (nSPS) is 15.7. The molecule has 158 valence electrons. The Morgan fingerprint density at radius 3 is 2.70 bits per heavy atom. The average Bonchev–Trinajstić information content (AvgIpc) is 3.19. The number of carbonyl (C=O) groups excluding carboxylic acids is 1. The Morgan fingerprint density at radius 2 is 1.93 bits per heavy atom. The van der Waals surface area contributed by atoms with Crippen molar-refractivity contribution >= 4 is 27.3 Å². The Labute approximate surface area is 176 Å². The number of benzene rings is 1. The molecule has 3 aromatic rings. The standard InChI is InChI=1S/C21H25N5O3S/c1-14-12-15(13-16-19(14)25(4)20(27)21(16,2)3)30(28,29)22-10-7-9-18-24-23-17-8-5-6-11-26(17)18/h5-6,8,11-13,22H,7,9-10H2,1-4H3. The number of aromatic nitrogens is 3. The average molecular weight is 428 g/mol. The molecule has 0 saturated carbocycles. The monoisotopic (exact) mass is 427 g/mol. The molecule has 1 aliphatic heterocycles. The highest BCUT2D eigenvalue weighted by atomic mass is 32.2. The summed E-state index contributed by atoms with van der Waals surface area (Å²) in [7, 11) is -1.97. The molecule has 0 spiro atoms. The molecule has 0 unspecified atom stereocenters. The predicted molar refractivity (Wildman–Crippen MR) is 114 cm³/mol. The summed E-state index contributed by atoms with van der Waals surface area (Å²) in [4.78, 5) is 14.4. The fraction of sp³-hybridized carbons (Fsp3) is 0.381. The van der Waals surface area contributed by atoms with Gasteiger partial charge in [0.1, 0.15) is 5.82 Å². The van der Waals surface area contributed by atoms with Crippen LogP contribution >= 0.6 is 0 Å². The quantitative estimate of drug-likeness (QED) is 0.609. The van der Waals surface area contributed by atoms with Gasteiger partial charge in [-0.25, -0.2) is 13.1 Å². The lowest BCUT2D eigenvalue weighted by molar-refractivity contribution is -0.121. The van der Waals surface area contributed by atoms with Gasteiger partial charge >= 0.3 is 0 Å². The van der Waals surface area contributed by atoms with E-state index in [9.17, 15) is 13.2 Å². The molecule has 8 nitrogen and oxygen atoms in total. The first-order valence-corrected chi connectivity index (χ1v) is 11.3. The number of sulfonamides is 1. The fourth-order valence-corrected chi connectivity index (χ4v) is 5.24. The van der Waals surface area contributed by atoms with Crippen molar-refractivity contribution in [3.63, 3.8) is 0 Å². The van der Waals surface area contributed by atoms with Crippen molar-refractivity contribution in [1.82, 2.24) is 19.3 Å². The summed E-state index contributed by atoms with van der Waals surface area (Å²) in [6.45, 7) is 5.76. The number of fused-ring (bicyclic) bond motifs is 2. The van der Waals surface area contributed by atoms with Crippen LogP contribution in [0.5, 0.6) is 0 Å². The van der Waals surface area contributed by atoms with Crippen LogP contribution in [0.25, 0.3) is 5.65 Å². The molecule has 0 atom stereocenters. The summed E-state index contributed by atoms with van der Waals surface area (Å²) < 4.78 is 30.3. The number of carbonyl (C=O) groups is 1. The summed E-state index contributed by atoms with van der Waals surface area (Å²) in [5, 5.41) is 8.27. The molecule has 0 aliphatic carbocycles. The van der Waals surface area contributed by atoms with Crippen LogP contribution in [0, 0.1) is 6.92 Å². The van der Waals surface area contributed by atoms with Crippen LogP contribution in [-0.4, -0.2) is 42.5 Å². The number of rotatable bonds is 6. The van der Waals surface area contributed by atoms with Gasteiger partial charge in [0.05, 0.1) is 16.0 Å². The zero-order chi connectivity index (χ0) is 21.7. The molecule has 30 heavy (non-hydrogen) atoms. The van der Waals surface area contributed by atoms with Gasteiger partial charge in [-0.2, -0.15) is 0 Å². The number of amides is 1. The van der Waals surface area contributed by atoms with Crippen molar-refractivity contribution in [2.45, 2.75) is 43.9 Å². The molecule has 4 rings (SSSR count). The molecule has 1 N–H and O–H groups in total. The number of hydrogen-bond acceptors (Lipinski definition) is 5. The van der Waals surface area contributed by atoms with Crippen molar-refractivity contribution in [3.05, 3.63) is 53.5 Å². The second kappa shape index (κ2) is 7.17. The second-order valence-electron chi connectivity index (χ2n) is 8.17. The molecular formula is C21H25N5O3S. The smallest absolute Gasteiger partial charge is 0.240 e. The number of aryl methyl sites for hydroxylation is 2. The Kier molecular flexibility index (Phi) is 4.90. The molecule has 2 aromatic heterocycles. The van der Waals surface area contributed by atoms with E-state index in [0.717, 1.165) is 28.3 Å². The third-order valence-electron chi connectivity index (χ3n) is 5.69. The van der Waals surface area contributed by atoms with E-state index in [4.69, 9.17) is 0 Å². The van der Waals surface area contributed by atoms with Gasteiger partial charge in [0.2, 0.25) is 15.9 Å². The van der Waals surface area contributed by atoms with Gasteiger partial charge in [0, 0.05) is 26.2 Å². The third-order valence-corrected chi connectivity index (χ3v) is 7.13. The number of nitrogens with zero attached hydrogens (tertiary/aromatic N) is 4. The zero-order valence-electron chi connectivity index (χ0n) is 17.5. The van der Waals surface area contributed by atoms with E-state index in [0.29, 0.717) is 12.8 Å². The Bertz CT molecular complexity index is 1250. The molecule has 0 fully saturated rings. The minimum absolute atomic E-state index is 0.0383. The summed E-state index contributed by atoms with van der Waals surface area (Å²) in [6, 6.07) is 8.92. The number of pyridine rings is 1.